The first-order valence-corrected chi connectivity index (χ1v) is 6.54. The Morgan fingerprint density at radius 1 is 1.19 bits per heavy atom. The van der Waals surface area contributed by atoms with Crippen molar-refractivity contribution in [2.24, 2.45) is 5.92 Å². The highest BCUT2D eigenvalue weighted by atomic mass is 14.9. The number of hydrogen-bond acceptors (Lipinski definition) is 1. The summed E-state index contributed by atoms with van der Waals surface area (Å²) in [5.41, 5.74) is 2.80. The molecule has 1 heteroatoms. The highest BCUT2D eigenvalue weighted by molar-refractivity contribution is 5.21. The maximum atomic E-state index is 3.69. The first-order chi connectivity index (χ1) is 7.75. The SMILES string of the molecule is Cc1ccc(CCNC2CCCC2C)cc1. The van der Waals surface area contributed by atoms with Crippen LogP contribution in [0.15, 0.2) is 24.3 Å². The number of hydrogen-bond donors (Lipinski definition) is 1. The van der Waals surface area contributed by atoms with Crippen LogP contribution in [0, 0.1) is 12.8 Å². The van der Waals surface area contributed by atoms with Crippen LogP contribution in [0.5, 0.6) is 0 Å². The lowest BCUT2D eigenvalue weighted by molar-refractivity contribution is 0.430. The van der Waals surface area contributed by atoms with Crippen LogP contribution < -0.4 is 5.32 Å². The van der Waals surface area contributed by atoms with Crippen LogP contribution in [0.25, 0.3) is 0 Å². The van der Waals surface area contributed by atoms with Gasteiger partial charge < -0.3 is 5.32 Å². The van der Waals surface area contributed by atoms with Crippen LogP contribution in [0.4, 0.5) is 0 Å². The van der Waals surface area contributed by atoms with Gasteiger partial charge in [0, 0.05) is 6.04 Å². The molecule has 1 aliphatic rings. The molecule has 0 aliphatic heterocycles. The molecule has 0 bridgehead atoms. The van der Waals surface area contributed by atoms with E-state index in [2.05, 4.69) is 43.4 Å². The summed E-state index contributed by atoms with van der Waals surface area (Å²) in [6.45, 7) is 5.64. The third-order valence-corrected chi connectivity index (χ3v) is 3.80. The molecule has 1 aliphatic carbocycles. The summed E-state index contributed by atoms with van der Waals surface area (Å²) in [5.74, 6) is 0.873. The number of rotatable bonds is 4. The second kappa shape index (κ2) is 5.49. The van der Waals surface area contributed by atoms with E-state index in [9.17, 15) is 0 Å². The average Bonchev–Trinajstić information content (AvgIpc) is 2.68. The van der Waals surface area contributed by atoms with Crippen molar-refractivity contribution in [3.05, 3.63) is 35.4 Å². The van der Waals surface area contributed by atoms with Gasteiger partial charge in [-0.05, 0) is 44.2 Å². The number of nitrogens with one attached hydrogen (secondary N) is 1. The van der Waals surface area contributed by atoms with Crippen molar-refractivity contribution in [3.8, 4) is 0 Å². The zero-order valence-corrected chi connectivity index (χ0v) is 10.5. The minimum absolute atomic E-state index is 0.769. The quantitative estimate of drug-likeness (QED) is 0.816. The minimum atomic E-state index is 0.769. The number of benzene rings is 1. The lowest BCUT2D eigenvalue weighted by Gasteiger charge is -2.17. The van der Waals surface area contributed by atoms with E-state index < -0.39 is 0 Å². The van der Waals surface area contributed by atoms with Crippen molar-refractivity contribution in [2.45, 2.75) is 45.6 Å². The van der Waals surface area contributed by atoms with Crippen LogP contribution in [-0.4, -0.2) is 12.6 Å². The largest absolute Gasteiger partial charge is 0.313 e. The van der Waals surface area contributed by atoms with Gasteiger partial charge in [0.05, 0.1) is 0 Å². The fourth-order valence-corrected chi connectivity index (χ4v) is 2.61. The van der Waals surface area contributed by atoms with E-state index >= 15 is 0 Å². The monoisotopic (exact) mass is 217 g/mol. The smallest absolute Gasteiger partial charge is 0.00928 e. The summed E-state index contributed by atoms with van der Waals surface area (Å²) in [6.07, 6.45) is 5.34. The van der Waals surface area contributed by atoms with Crippen molar-refractivity contribution in [3.63, 3.8) is 0 Å². The molecule has 1 aromatic carbocycles. The van der Waals surface area contributed by atoms with Gasteiger partial charge in [-0.15, -0.1) is 0 Å². The predicted molar refractivity (Wildman–Crippen MR) is 69.7 cm³/mol. The highest BCUT2D eigenvalue weighted by Gasteiger charge is 2.21. The molecule has 0 aromatic heterocycles. The van der Waals surface area contributed by atoms with Crippen LogP contribution in [0.3, 0.4) is 0 Å². The molecule has 2 rings (SSSR count). The van der Waals surface area contributed by atoms with Gasteiger partial charge in [0.2, 0.25) is 0 Å². The van der Waals surface area contributed by atoms with Gasteiger partial charge in [-0.25, -0.2) is 0 Å². The van der Waals surface area contributed by atoms with Gasteiger partial charge in [0.1, 0.15) is 0 Å². The summed E-state index contributed by atoms with van der Waals surface area (Å²) >= 11 is 0. The standard InChI is InChI=1S/C15H23N/c1-12-6-8-14(9-7-12)10-11-16-15-5-3-4-13(15)2/h6-9,13,15-16H,3-5,10-11H2,1-2H3. The van der Waals surface area contributed by atoms with Crippen LogP contribution in [0.1, 0.15) is 37.3 Å². The molecule has 1 aromatic rings. The van der Waals surface area contributed by atoms with E-state index in [1.807, 2.05) is 0 Å². The third-order valence-electron chi connectivity index (χ3n) is 3.80. The molecule has 1 N–H and O–H groups in total. The van der Waals surface area contributed by atoms with Gasteiger partial charge in [0.25, 0.3) is 0 Å². The van der Waals surface area contributed by atoms with Crippen LogP contribution >= 0.6 is 0 Å². The molecule has 0 saturated heterocycles. The summed E-state index contributed by atoms with van der Waals surface area (Å²) in [6, 6.07) is 9.66. The molecule has 0 spiro atoms. The van der Waals surface area contributed by atoms with Gasteiger partial charge in [-0.3, -0.25) is 0 Å². The fourth-order valence-electron chi connectivity index (χ4n) is 2.61. The first-order valence-electron chi connectivity index (χ1n) is 6.54. The molecular weight excluding hydrogens is 194 g/mol. The summed E-state index contributed by atoms with van der Waals surface area (Å²) in [4.78, 5) is 0. The van der Waals surface area contributed by atoms with Crippen molar-refractivity contribution in [2.75, 3.05) is 6.54 Å². The molecular formula is C15H23N. The van der Waals surface area contributed by atoms with Gasteiger partial charge in [-0.1, -0.05) is 43.2 Å². The molecule has 0 heterocycles. The van der Waals surface area contributed by atoms with E-state index in [1.165, 1.54) is 30.4 Å². The molecule has 2 unspecified atom stereocenters. The highest BCUT2D eigenvalue weighted by Crippen LogP contribution is 2.24. The van der Waals surface area contributed by atoms with Crippen LogP contribution in [0.2, 0.25) is 0 Å². The van der Waals surface area contributed by atoms with E-state index in [0.29, 0.717) is 0 Å². The van der Waals surface area contributed by atoms with E-state index in [4.69, 9.17) is 0 Å². The Morgan fingerprint density at radius 3 is 2.56 bits per heavy atom. The Bertz CT molecular complexity index is 315. The van der Waals surface area contributed by atoms with Crippen molar-refractivity contribution in [1.82, 2.24) is 5.32 Å². The molecule has 2 atom stereocenters. The summed E-state index contributed by atoms with van der Waals surface area (Å²) in [5, 5.41) is 3.69. The molecule has 1 nitrogen and oxygen atoms in total. The second-order valence-corrected chi connectivity index (χ2v) is 5.20. The topological polar surface area (TPSA) is 12.0 Å². The maximum absolute atomic E-state index is 3.69. The van der Waals surface area contributed by atoms with Crippen LogP contribution in [-0.2, 0) is 6.42 Å². The van der Waals surface area contributed by atoms with Crippen molar-refractivity contribution in [1.29, 1.82) is 0 Å². The Hall–Kier alpha value is -0.820. The molecule has 1 fully saturated rings. The van der Waals surface area contributed by atoms with Gasteiger partial charge >= 0.3 is 0 Å². The molecule has 16 heavy (non-hydrogen) atoms. The van der Waals surface area contributed by atoms with Crippen molar-refractivity contribution >= 4 is 0 Å². The normalized spacial score (nSPS) is 24.9. The van der Waals surface area contributed by atoms with E-state index in [-0.39, 0.29) is 0 Å². The molecule has 0 radical (unpaired) electrons. The zero-order chi connectivity index (χ0) is 11.4. The Kier molecular flexibility index (Phi) is 4.00. The number of aryl methyl sites for hydroxylation is 1. The van der Waals surface area contributed by atoms with Gasteiger partial charge in [0.15, 0.2) is 0 Å². The Labute approximate surface area is 99.3 Å². The third kappa shape index (κ3) is 3.08. The first kappa shape index (κ1) is 11.7. The average molecular weight is 217 g/mol. The molecule has 0 amide bonds. The summed E-state index contributed by atoms with van der Waals surface area (Å²) < 4.78 is 0. The zero-order valence-electron chi connectivity index (χ0n) is 10.5. The lowest BCUT2D eigenvalue weighted by atomic mass is 10.1. The van der Waals surface area contributed by atoms with E-state index in [0.717, 1.165) is 24.9 Å². The van der Waals surface area contributed by atoms with Crippen molar-refractivity contribution < 1.29 is 0 Å². The predicted octanol–water partition coefficient (Wildman–Crippen LogP) is 3.32. The molecule has 88 valence electrons. The molecule has 1 saturated carbocycles. The minimum Gasteiger partial charge on any atom is -0.313 e. The van der Waals surface area contributed by atoms with E-state index in [1.54, 1.807) is 0 Å². The van der Waals surface area contributed by atoms with Gasteiger partial charge in [-0.2, -0.15) is 0 Å². The lowest BCUT2D eigenvalue weighted by Crippen LogP contribution is -2.32. The fraction of sp³-hybridized carbons (Fsp3) is 0.600. The Balaban J connectivity index is 1.73. The Morgan fingerprint density at radius 2 is 1.94 bits per heavy atom. The summed E-state index contributed by atoms with van der Waals surface area (Å²) in [7, 11) is 0. The second-order valence-electron chi connectivity index (χ2n) is 5.20. The maximum Gasteiger partial charge on any atom is 0.00928 e.